The molecule has 0 aliphatic carbocycles. The first-order valence-corrected chi connectivity index (χ1v) is 4.12. The zero-order valence-electron chi connectivity index (χ0n) is 6.85. The molecule has 3 atom stereocenters. The molecule has 0 aromatic rings. The molecule has 0 spiro atoms. The van der Waals surface area contributed by atoms with E-state index in [9.17, 15) is 10.2 Å². The van der Waals surface area contributed by atoms with Crippen molar-refractivity contribution < 1.29 is 15.3 Å². The molecule has 4 N–H and O–H groups in total. The predicted octanol–water partition coefficient (Wildman–Crippen LogP) is -1.38. The van der Waals surface area contributed by atoms with Crippen LogP contribution < -0.4 is 5.32 Å². The van der Waals surface area contributed by atoms with Gasteiger partial charge in [-0.1, -0.05) is 12.2 Å². The topological polar surface area (TPSA) is 72.7 Å². The van der Waals surface area contributed by atoms with Gasteiger partial charge in [-0.25, -0.2) is 0 Å². The summed E-state index contributed by atoms with van der Waals surface area (Å²) in [6.45, 7) is 0.553. The molecule has 0 bridgehead atoms. The molecule has 0 radical (unpaired) electrons. The zero-order valence-corrected chi connectivity index (χ0v) is 6.85. The second-order valence-electron chi connectivity index (χ2n) is 2.94. The van der Waals surface area contributed by atoms with E-state index in [1.54, 1.807) is 6.08 Å². The summed E-state index contributed by atoms with van der Waals surface area (Å²) in [7, 11) is 0. The van der Waals surface area contributed by atoms with Crippen molar-refractivity contribution in [3.8, 4) is 0 Å². The van der Waals surface area contributed by atoms with E-state index in [1.807, 2.05) is 6.08 Å². The summed E-state index contributed by atoms with van der Waals surface area (Å²) in [6.07, 6.45) is 2.38. The van der Waals surface area contributed by atoms with Crippen LogP contribution in [0.25, 0.3) is 0 Å². The molecule has 0 fully saturated rings. The highest BCUT2D eigenvalue weighted by Gasteiger charge is 2.24. The van der Waals surface area contributed by atoms with E-state index < -0.39 is 18.2 Å². The van der Waals surface area contributed by atoms with Crippen LogP contribution in [0.4, 0.5) is 0 Å². The molecule has 1 aliphatic rings. The van der Waals surface area contributed by atoms with E-state index in [0.717, 1.165) is 6.42 Å². The number of hydrogen-bond acceptors (Lipinski definition) is 4. The molecule has 0 saturated heterocycles. The van der Waals surface area contributed by atoms with Gasteiger partial charge in [0.25, 0.3) is 0 Å². The first-order chi connectivity index (χ1) is 5.75. The molecule has 0 unspecified atom stereocenters. The Labute approximate surface area is 71.5 Å². The minimum atomic E-state index is -0.924. The number of rotatable bonds is 1. The van der Waals surface area contributed by atoms with Crippen LogP contribution in [0.2, 0.25) is 0 Å². The van der Waals surface area contributed by atoms with Crippen molar-refractivity contribution in [3.05, 3.63) is 12.2 Å². The molecule has 4 heteroatoms. The second kappa shape index (κ2) is 4.57. The SMILES string of the molecule is OC[C@@H]1NCC/C=C\[C@H](O)[C@H]1O. The van der Waals surface area contributed by atoms with Gasteiger partial charge in [0.05, 0.1) is 18.8 Å². The van der Waals surface area contributed by atoms with Crippen LogP contribution in [0, 0.1) is 0 Å². The van der Waals surface area contributed by atoms with E-state index in [0.29, 0.717) is 6.54 Å². The highest BCUT2D eigenvalue weighted by Crippen LogP contribution is 2.05. The predicted molar refractivity (Wildman–Crippen MR) is 44.6 cm³/mol. The number of aliphatic hydroxyl groups is 3. The highest BCUT2D eigenvalue weighted by atomic mass is 16.3. The van der Waals surface area contributed by atoms with Crippen LogP contribution in [-0.4, -0.2) is 46.7 Å². The van der Waals surface area contributed by atoms with Crippen molar-refractivity contribution in [2.24, 2.45) is 0 Å². The van der Waals surface area contributed by atoms with Crippen molar-refractivity contribution in [2.45, 2.75) is 24.7 Å². The summed E-state index contributed by atoms with van der Waals surface area (Å²) in [6, 6.07) is -0.426. The fourth-order valence-electron chi connectivity index (χ4n) is 1.23. The van der Waals surface area contributed by atoms with Gasteiger partial charge in [-0.15, -0.1) is 0 Å². The van der Waals surface area contributed by atoms with Crippen molar-refractivity contribution in [1.29, 1.82) is 0 Å². The zero-order chi connectivity index (χ0) is 8.97. The molecule has 1 aliphatic heterocycles. The van der Waals surface area contributed by atoms with E-state index >= 15 is 0 Å². The number of aliphatic hydroxyl groups excluding tert-OH is 3. The first-order valence-electron chi connectivity index (χ1n) is 4.12. The van der Waals surface area contributed by atoms with Gasteiger partial charge in [0.1, 0.15) is 6.10 Å². The Morgan fingerprint density at radius 1 is 1.42 bits per heavy atom. The van der Waals surface area contributed by atoms with Crippen molar-refractivity contribution in [3.63, 3.8) is 0 Å². The van der Waals surface area contributed by atoms with Crippen LogP contribution >= 0.6 is 0 Å². The Bertz CT molecular complexity index is 160. The smallest absolute Gasteiger partial charge is 0.101 e. The minimum absolute atomic E-state index is 0.161. The highest BCUT2D eigenvalue weighted by molar-refractivity contribution is 4.98. The second-order valence-corrected chi connectivity index (χ2v) is 2.94. The van der Waals surface area contributed by atoms with Gasteiger partial charge in [0, 0.05) is 0 Å². The average molecular weight is 173 g/mol. The van der Waals surface area contributed by atoms with Crippen LogP contribution in [0.15, 0.2) is 12.2 Å². The van der Waals surface area contributed by atoms with Crippen molar-refractivity contribution in [1.82, 2.24) is 5.32 Å². The van der Waals surface area contributed by atoms with E-state index in [-0.39, 0.29) is 6.61 Å². The van der Waals surface area contributed by atoms with Gasteiger partial charge in [0.15, 0.2) is 0 Å². The maximum Gasteiger partial charge on any atom is 0.101 e. The molecule has 0 saturated carbocycles. The lowest BCUT2D eigenvalue weighted by Crippen LogP contribution is -2.49. The van der Waals surface area contributed by atoms with E-state index in [2.05, 4.69) is 5.32 Å². The summed E-state index contributed by atoms with van der Waals surface area (Å²) in [5.41, 5.74) is 0. The molecule has 70 valence electrons. The standard InChI is InChI=1S/C8H15NO3/c10-5-6-8(12)7(11)3-1-2-4-9-6/h1,3,6-12H,2,4-5H2/b3-1-/t6-,7-,8-/m0/s1. The van der Waals surface area contributed by atoms with Gasteiger partial charge in [-0.2, -0.15) is 0 Å². The van der Waals surface area contributed by atoms with E-state index in [4.69, 9.17) is 5.11 Å². The molecule has 0 amide bonds. The van der Waals surface area contributed by atoms with Crippen LogP contribution in [0.5, 0.6) is 0 Å². The number of nitrogens with one attached hydrogen (secondary N) is 1. The third-order valence-electron chi connectivity index (χ3n) is 2.01. The molecular weight excluding hydrogens is 158 g/mol. The fraction of sp³-hybridized carbons (Fsp3) is 0.750. The lowest BCUT2D eigenvalue weighted by Gasteiger charge is -2.26. The summed E-state index contributed by atoms with van der Waals surface area (Å²) < 4.78 is 0. The summed E-state index contributed by atoms with van der Waals surface area (Å²) in [4.78, 5) is 0. The minimum Gasteiger partial charge on any atom is -0.395 e. The van der Waals surface area contributed by atoms with Gasteiger partial charge in [-0.3, -0.25) is 0 Å². The third-order valence-corrected chi connectivity index (χ3v) is 2.01. The van der Waals surface area contributed by atoms with Gasteiger partial charge < -0.3 is 20.6 Å². The average Bonchev–Trinajstić information content (AvgIpc) is 2.07. The van der Waals surface area contributed by atoms with Gasteiger partial charge in [-0.05, 0) is 13.0 Å². The molecule has 4 nitrogen and oxygen atoms in total. The number of hydrogen-bond donors (Lipinski definition) is 4. The van der Waals surface area contributed by atoms with E-state index in [1.165, 1.54) is 0 Å². The Hall–Kier alpha value is -0.420. The first kappa shape index (κ1) is 9.67. The lowest BCUT2D eigenvalue weighted by atomic mass is 10.0. The molecule has 1 rings (SSSR count). The van der Waals surface area contributed by atoms with Crippen molar-refractivity contribution >= 4 is 0 Å². The quantitative estimate of drug-likeness (QED) is 0.369. The maximum atomic E-state index is 9.42. The monoisotopic (exact) mass is 173 g/mol. The fourth-order valence-corrected chi connectivity index (χ4v) is 1.23. The van der Waals surface area contributed by atoms with Crippen LogP contribution in [0.1, 0.15) is 6.42 Å². The Kier molecular flexibility index (Phi) is 3.68. The molecule has 0 aromatic carbocycles. The van der Waals surface area contributed by atoms with Crippen LogP contribution in [0.3, 0.4) is 0 Å². The normalized spacial score (nSPS) is 40.1. The maximum absolute atomic E-state index is 9.42. The Morgan fingerprint density at radius 2 is 2.17 bits per heavy atom. The third kappa shape index (κ3) is 2.28. The van der Waals surface area contributed by atoms with Crippen LogP contribution in [-0.2, 0) is 0 Å². The summed E-state index contributed by atoms with van der Waals surface area (Å²) >= 11 is 0. The molecule has 0 aromatic heterocycles. The molecule has 1 heterocycles. The van der Waals surface area contributed by atoms with Gasteiger partial charge in [0.2, 0.25) is 0 Å². The summed E-state index contributed by atoms with van der Waals surface area (Å²) in [5.74, 6) is 0. The Balaban J connectivity index is 2.59. The van der Waals surface area contributed by atoms with Gasteiger partial charge >= 0.3 is 0 Å². The van der Waals surface area contributed by atoms with Crippen molar-refractivity contribution in [2.75, 3.05) is 13.2 Å². The lowest BCUT2D eigenvalue weighted by molar-refractivity contribution is 0.00539. The largest absolute Gasteiger partial charge is 0.395 e. The molecular formula is C8H15NO3. The molecule has 12 heavy (non-hydrogen) atoms. The Morgan fingerprint density at radius 3 is 2.83 bits per heavy atom. The summed E-state index contributed by atoms with van der Waals surface area (Å²) in [5, 5.41) is 30.5.